The second kappa shape index (κ2) is 7.38. The maximum Gasteiger partial charge on any atom is 0.263 e. The average Bonchev–Trinajstić information content (AvgIpc) is 3.08. The van der Waals surface area contributed by atoms with Gasteiger partial charge in [0, 0.05) is 17.2 Å². The van der Waals surface area contributed by atoms with Gasteiger partial charge in [0.2, 0.25) is 0 Å². The van der Waals surface area contributed by atoms with E-state index in [9.17, 15) is 9.90 Å². The molecule has 2 aromatic carbocycles. The van der Waals surface area contributed by atoms with Crippen molar-refractivity contribution in [3.05, 3.63) is 65.5 Å². The first kappa shape index (κ1) is 16.4. The molecule has 0 aliphatic rings. The molecule has 1 unspecified atom stereocenters. The van der Waals surface area contributed by atoms with Crippen LogP contribution in [0.2, 0.25) is 0 Å². The Balaban J connectivity index is 2.05. The van der Waals surface area contributed by atoms with Crippen LogP contribution in [0, 0.1) is 0 Å². The van der Waals surface area contributed by atoms with Gasteiger partial charge in [-0.05, 0) is 6.92 Å². The molecule has 0 saturated carbocycles. The molecular weight excluding hydrogens is 320 g/mol. The smallest absolute Gasteiger partial charge is 0.263 e. The van der Waals surface area contributed by atoms with E-state index in [4.69, 9.17) is 4.98 Å². The second-order valence-corrected chi connectivity index (χ2v) is 6.48. The molecule has 2 N–H and O–H groups in total. The number of aromatic nitrogens is 1. The van der Waals surface area contributed by atoms with Gasteiger partial charge in [0.25, 0.3) is 5.91 Å². The first-order valence-electron chi connectivity index (χ1n) is 7.72. The van der Waals surface area contributed by atoms with E-state index in [1.54, 1.807) is 6.92 Å². The zero-order valence-electron chi connectivity index (χ0n) is 13.3. The van der Waals surface area contributed by atoms with Crippen LogP contribution in [-0.2, 0) is 0 Å². The van der Waals surface area contributed by atoms with Crippen molar-refractivity contribution < 1.29 is 9.90 Å². The molecule has 3 rings (SSSR count). The first-order valence-corrected chi connectivity index (χ1v) is 8.54. The molecule has 122 valence electrons. The molecule has 0 aliphatic heterocycles. The lowest BCUT2D eigenvalue weighted by Gasteiger charge is -2.10. The number of thiazole rings is 1. The molecule has 1 atom stereocenters. The molecule has 1 amide bonds. The molecule has 1 heterocycles. The zero-order valence-corrected chi connectivity index (χ0v) is 14.1. The van der Waals surface area contributed by atoms with Gasteiger partial charge >= 0.3 is 0 Å². The number of aliphatic hydroxyl groups is 1. The molecule has 4 nitrogen and oxygen atoms in total. The molecule has 0 bridgehead atoms. The highest BCUT2D eigenvalue weighted by Gasteiger charge is 2.21. The Kier molecular flexibility index (Phi) is 5.03. The van der Waals surface area contributed by atoms with Gasteiger partial charge in [0.15, 0.2) is 0 Å². The average molecular weight is 338 g/mol. The third kappa shape index (κ3) is 3.53. The number of hydrogen-bond acceptors (Lipinski definition) is 4. The van der Waals surface area contributed by atoms with Crippen LogP contribution in [0.4, 0.5) is 0 Å². The molecular formula is C19H18N2O2S. The Bertz CT molecular complexity index is 816. The predicted octanol–water partition coefficient (Wildman–Crippen LogP) is 3.59. The summed E-state index contributed by atoms with van der Waals surface area (Å²) in [6, 6.07) is 19.2. The van der Waals surface area contributed by atoms with Crippen LogP contribution >= 0.6 is 11.3 Å². The minimum atomic E-state index is -0.302. The van der Waals surface area contributed by atoms with Crippen LogP contribution in [0.5, 0.6) is 0 Å². The van der Waals surface area contributed by atoms with E-state index >= 15 is 0 Å². The number of carbonyl (C=O) groups is 1. The zero-order chi connectivity index (χ0) is 16.9. The number of carbonyl (C=O) groups excluding carboxylic acids is 1. The fraction of sp³-hybridized carbons (Fsp3) is 0.158. The summed E-state index contributed by atoms with van der Waals surface area (Å²) in [5.74, 6) is -0.213. The summed E-state index contributed by atoms with van der Waals surface area (Å²) in [5, 5.41) is 12.8. The van der Waals surface area contributed by atoms with E-state index in [1.807, 2.05) is 60.7 Å². The van der Waals surface area contributed by atoms with Crippen molar-refractivity contribution in [1.82, 2.24) is 10.3 Å². The number of amides is 1. The van der Waals surface area contributed by atoms with Gasteiger partial charge in [-0.15, -0.1) is 11.3 Å². The summed E-state index contributed by atoms with van der Waals surface area (Å²) in [5.41, 5.74) is 2.55. The minimum Gasteiger partial charge on any atom is -0.394 e. The first-order chi connectivity index (χ1) is 11.7. The largest absolute Gasteiger partial charge is 0.394 e. The summed E-state index contributed by atoms with van der Waals surface area (Å²) in [6.45, 7) is 1.66. The molecule has 0 spiro atoms. The fourth-order valence-corrected chi connectivity index (χ4v) is 3.30. The molecule has 0 fully saturated rings. The monoisotopic (exact) mass is 338 g/mol. The van der Waals surface area contributed by atoms with E-state index in [1.165, 1.54) is 11.3 Å². The van der Waals surface area contributed by atoms with Crippen LogP contribution in [0.15, 0.2) is 60.7 Å². The third-order valence-corrected chi connectivity index (χ3v) is 4.66. The molecule has 3 aromatic rings. The van der Waals surface area contributed by atoms with Gasteiger partial charge in [-0.3, -0.25) is 4.79 Å². The lowest BCUT2D eigenvalue weighted by atomic mass is 10.1. The van der Waals surface area contributed by atoms with E-state index in [-0.39, 0.29) is 18.6 Å². The summed E-state index contributed by atoms with van der Waals surface area (Å²) in [6.07, 6.45) is 0. The van der Waals surface area contributed by atoms with Crippen molar-refractivity contribution in [2.24, 2.45) is 0 Å². The van der Waals surface area contributed by atoms with Crippen molar-refractivity contribution in [3.63, 3.8) is 0 Å². The Morgan fingerprint density at radius 1 is 1.08 bits per heavy atom. The van der Waals surface area contributed by atoms with Crippen LogP contribution in [0.3, 0.4) is 0 Å². The topological polar surface area (TPSA) is 62.2 Å². The summed E-state index contributed by atoms with van der Waals surface area (Å²) >= 11 is 1.36. The van der Waals surface area contributed by atoms with Crippen LogP contribution in [-0.4, -0.2) is 28.6 Å². The third-order valence-electron chi connectivity index (χ3n) is 3.55. The normalized spacial score (nSPS) is 11.9. The number of nitrogens with one attached hydrogen (secondary N) is 1. The van der Waals surface area contributed by atoms with Gasteiger partial charge in [-0.25, -0.2) is 4.98 Å². The highest BCUT2D eigenvalue weighted by atomic mass is 32.1. The van der Waals surface area contributed by atoms with Gasteiger partial charge < -0.3 is 10.4 Å². The summed E-state index contributed by atoms with van der Waals surface area (Å²) in [7, 11) is 0. The molecule has 5 heteroatoms. The Labute approximate surface area is 144 Å². The highest BCUT2D eigenvalue weighted by molar-refractivity contribution is 7.17. The van der Waals surface area contributed by atoms with Gasteiger partial charge in [-0.2, -0.15) is 0 Å². The van der Waals surface area contributed by atoms with Gasteiger partial charge in [0.1, 0.15) is 9.88 Å². The number of rotatable bonds is 5. The maximum absolute atomic E-state index is 12.6. The Morgan fingerprint density at radius 3 is 2.25 bits per heavy atom. The number of benzene rings is 2. The van der Waals surface area contributed by atoms with E-state index in [0.29, 0.717) is 10.6 Å². The molecule has 0 radical (unpaired) electrons. The number of aliphatic hydroxyl groups excluding tert-OH is 1. The van der Waals surface area contributed by atoms with Crippen molar-refractivity contribution in [2.75, 3.05) is 6.61 Å². The minimum absolute atomic E-state index is 0.100. The summed E-state index contributed by atoms with van der Waals surface area (Å²) in [4.78, 5) is 17.9. The van der Waals surface area contributed by atoms with E-state index in [0.717, 1.165) is 16.1 Å². The lowest BCUT2D eigenvalue weighted by Crippen LogP contribution is -2.34. The van der Waals surface area contributed by atoms with Crippen molar-refractivity contribution in [1.29, 1.82) is 0 Å². The molecule has 24 heavy (non-hydrogen) atoms. The predicted molar refractivity (Wildman–Crippen MR) is 97.0 cm³/mol. The van der Waals surface area contributed by atoms with Crippen molar-refractivity contribution in [2.45, 2.75) is 13.0 Å². The Morgan fingerprint density at radius 2 is 1.67 bits per heavy atom. The molecule has 0 saturated heterocycles. The van der Waals surface area contributed by atoms with Crippen molar-refractivity contribution >= 4 is 17.2 Å². The summed E-state index contributed by atoms with van der Waals surface area (Å²) < 4.78 is 0. The number of hydrogen-bond donors (Lipinski definition) is 2. The fourth-order valence-electron chi connectivity index (χ4n) is 2.30. The standard InChI is InChI=1S/C19H18N2O2S/c1-13(12-22)20-18(23)17-16(14-8-4-2-5-9-14)21-19(24-17)15-10-6-3-7-11-15/h2-11,13,22H,12H2,1H3,(H,20,23). The SMILES string of the molecule is CC(CO)NC(=O)c1sc(-c2ccccc2)nc1-c1ccccc1. The van der Waals surface area contributed by atoms with Crippen LogP contribution in [0.25, 0.3) is 21.8 Å². The van der Waals surface area contributed by atoms with Crippen LogP contribution < -0.4 is 5.32 Å². The maximum atomic E-state index is 12.6. The lowest BCUT2D eigenvalue weighted by molar-refractivity contribution is 0.0927. The van der Waals surface area contributed by atoms with E-state index < -0.39 is 0 Å². The Hall–Kier alpha value is -2.50. The second-order valence-electron chi connectivity index (χ2n) is 5.49. The van der Waals surface area contributed by atoms with Crippen LogP contribution in [0.1, 0.15) is 16.6 Å². The van der Waals surface area contributed by atoms with Gasteiger partial charge in [0.05, 0.1) is 12.3 Å². The molecule has 0 aliphatic carbocycles. The number of nitrogens with zero attached hydrogens (tertiary/aromatic N) is 1. The quantitative estimate of drug-likeness (QED) is 0.747. The van der Waals surface area contributed by atoms with Crippen molar-refractivity contribution in [3.8, 4) is 21.8 Å². The van der Waals surface area contributed by atoms with E-state index in [2.05, 4.69) is 5.32 Å². The van der Waals surface area contributed by atoms with Gasteiger partial charge in [-0.1, -0.05) is 60.7 Å². The molecule has 1 aromatic heterocycles. The highest BCUT2D eigenvalue weighted by Crippen LogP contribution is 2.33.